The van der Waals surface area contributed by atoms with E-state index in [9.17, 15) is 4.79 Å². The molecular weight excluding hydrogens is 382 g/mol. The number of anilines is 2. The van der Waals surface area contributed by atoms with Gasteiger partial charge in [0, 0.05) is 44.6 Å². The summed E-state index contributed by atoms with van der Waals surface area (Å²) in [6.07, 6.45) is 3.58. The van der Waals surface area contributed by atoms with Gasteiger partial charge in [0.1, 0.15) is 17.4 Å². The number of nitrogens with one attached hydrogen (secondary N) is 1. The third-order valence-corrected chi connectivity index (χ3v) is 4.87. The number of rotatable bonds is 5. The van der Waals surface area contributed by atoms with Crippen molar-refractivity contribution in [3.63, 3.8) is 0 Å². The van der Waals surface area contributed by atoms with Gasteiger partial charge in [0.2, 0.25) is 0 Å². The Morgan fingerprint density at radius 2 is 1.87 bits per heavy atom. The molecule has 0 aliphatic carbocycles. The Labute approximate surface area is 175 Å². The summed E-state index contributed by atoms with van der Waals surface area (Å²) in [7, 11) is 0. The highest BCUT2D eigenvalue weighted by Crippen LogP contribution is 2.24. The van der Waals surface area contributed by atoms with Crippen LogP contribution in [0.15, 0.2) is 48.8 Å². The van der Waals surface area contributed by atoms with Crippen LogP contribution in [0.1, 0.15) is 12.7 Å². The van der Waals surface area contributed by atoms with Gasteiger partial charge in [-0.25, -0.2) is 19.4 Å². The Hall–Kier alpha value is -3.62. The Balaban J connectivity index is 1.40. The lowest BCUT2D eigenvalue weighted by Gasteiger charge is -2.35. The third kappa shape index (κ3) is 4.35. The summed E-state index contributed by atoms with van der Waals surface area (Å²) < 4.78 is 7.31. The molecular formula is C21H25N7O2. The number of hydrogen-bond donors (Lipinski definition) is 1. The van der Waals surface area contributed by atoms with E-state index in [-0.39, 0.29) is 6.03 Å². The zero-order valence-corrected chi connectivity index (χ0v) is 17.2. The van der Waals surface area contributed by atoms with E-state index in [1.165, 1.54) is 0 Å². The number of nitrogens with zero attached hydrogens (tertiary/aromatic N) is 6. The summed E-state index contributed by atoms with van der Waals surface area (Å²) >= 11 is 0. The summed E-state index contributed by atoms with van der Waals surface area (Å²) in [5, 5.41) is 7.21. The van der Waals surface area contributed by atoms with E-state index in [1.54, 1.807) is 10.9 Å². The summed E-state index contributed by atoms with van der Waals surface area (Å²) in [5.41, 5.74) is 0.682. The Bertz CT molecular complexity index is 998. The van der Waals surface area contributed by atoms with Gasteiger partial charge in [0.25, 0.3) is 0 Å². The van der Waals surface area contributed by atoms with Crippen molar-refractivity contribution in [2.24, 2.45) is 0 Å². The molecule has 1 aromatic carbocycles. The molecule has 1 aliphatic heterocycles. The van der Waals surface area contributed by atoms with Gasteiger partial charge in [-0.05, 0) is 32.0 Å². The number of amides is 2. The zero-order valence-electron chi connectivity index (χ0n) is 17.2. The number of hydrogen-bond acceptors (Lipinski definition) is 6. The molecule has 0 bridgehead atoms. The van der Waals surface area contributed by atoms with Crippen LogP contribution in [0, 0.1) is 6.92 Å². The standard InChI is InChI=1S/C21H25N7O2/c1-3-30-18-8-5-4-7-17(18)25-21(29)27-13-11-26(12-14-27)19-15-20(24-16(2)23-19)28-10-6-9-22-28/h4-10,15H,3,11-14H2,1-2H3,(H,25,29). The second kappa shape index (κ2) is 8.81. The van der Waals surface area contributed by atoms with Crippen molar-refractivity contribution in [1.82, 2.24) is 24.6 Å². The first kappa shape index (κ1) is 19.7. The van der Waals surface area contributed by atoms with Crippen LogP contribution in [0.2, 0.25) is 0 Å². The Morgan fingerprint density at radius 3 is 2.60 bits per heavy atom. The van der Waals surface area contributed by atoms with Gasteiger partial charge in [0.15, 0.2) is 5.82 Å². The molecule has 4 rings (SSSR count). The predicted molar refractivity (Wildman–Crippen MR) is 114 cm³/mol. The van der Waals surface area contributed by atoms with Crippen LogP contribution >= 0.6 is 0 Å². The molecule has 0 atom stereocenters. The summed E-state index contributed by atoms with van der Waals surface area (Å²) in [5.74, 6) is 2.94. The molecule has 2 aromatic heterocycles. The van der Waals surface area contributed by atoms with Gasteiger partial charge in [-0.2, -0.15) is 5.10 Å². The Morgan fingerprint density at radius 1 is 1.10 bits per heavy atom. The minimum absolute atomic E-state index is 0.127. The molecule has 2 amide bonds. The molecule has 9 heteroatoms. The van der Waals surface area contributed by atoms with Gasteiger partial charge in [-0.15, -0.1) is 0 Å². The van der Waals surface area contributed by atoms with Crippen molar-refractivity contribution in [3.05, 3.63) is 54.6 Å². The number of urea groups is 1. The molecule has 156 valence electrons. The maximum atomic E-state index is 12.7. The summed E-state index contributed by atoms with van der Waals surface area (Å²) in [6, 6.07) is 11.1. The predicted octanol–water partition coefficient (Wildman–Crippen LogP) is 2.72. The number of aryl methyl sites for hydroxylation is 1. The number of carbonyl (C=O) groups excluding carboxylic acids is 1. The fourth-order valence-corrected chi connectivity index (χ4v) is 3.40. The Kier molecular flexibility index (Phi) is 5.78. The molecule has 0 unspecified atom stereocenters. The highest BCUT2D eigenvalue weighted by atomic mass is 16.5. The SMILES string of the molecule is CCOc1ccccc1NC(=O)N1CCN(c2cc(-n3cccn3)nc(C)n2)CC1. The van der Waals surface area contributed by atoms with E-state index in [0.717, 1.165) is 11.6 Å². The number of para-hydroxylation sites is 2. The maximum Gasteiger partial charge on any atom is 0.322 e. The first-order valence-electron chi connectivity index (χ1n) is 10.0. The van der Waals surface area contributed by atoms with Crippen molar-refractivity contribution in [2.75, 3.05) is 43.0 Å². The lowest BCUT2D eigenvalue weighted by Crippen LogP contribution is -2.50. The molecule has 1 fully saturated rings. The fraction of sp³-hybridized carbons (Fsp3) is 0.333. The number of aromatic nitrogens is 4. The topological polar surface area (TPSA) is 88.4 Å². The van der Waals surface area contributed by atoms with E-state index >= 15 is 0 Å². The van der Waals surface area contributed by atoms with Crippen LogP contribution in [-0.2, 0) is 0 Å². The van der Waals surface area contributed by atoms with E-state index in [0.29, 0.717) is 50.0 Å². The second-order valence-corrected chi connectivity index (χ2v) is 6.92. The average Bonchev–Trinajstić information content (AvgIpc) is 3.30. The van der Waals surface area contributed by atoms with Crippen molar-refractivity contribution in [2.45, 2.75) is 13.8 Å². The fourth-order valence-electron chi connectivity index (χ4n) is 3.40. The van der Waals surface area contributed by atoms with Gasteiger partial charge in [-0.3, -0.25) is 0 Å². The second-order valence-electron chi connectivity index (χ2n) is 6.92. The highest BCUT2D eigenvalue weighted by molar-refractivity contribution is 5.91. The first-order chi connectivity index (χ1) is 14.6. The molecule has 3 aromatic rings. The minimum Gasteiger partial charge on any atom is -0.492 e. The van der Waals surface area contributed by atoms with Crippen LogP contribution in [0.25, 0.3) is 5.82 Å². The van der Waals surface area contributed by atoms with E-state index in [4.69, 9.17) is 4.74 Å². The van der Waals surface area contributed by atoms with Gasteiger partial charge >= 0.3 is 6.03 Å². The van der Waals surface area contributed by atoms with Crippen LogP contribution < -0.4 is 15.0 Å². The van der Waals surface area contributed by atoms with Crippen LogP contribution in [0.4, 0.5) is 16.3 Å². The van der Waals surface area contributed by atoms with E-state index in [1.807, 2.05) is 61.3 Å². The highest BCUT2D eigenvalue weighted by Gasteiger charge is 2.23. The van der Waals surface area contributed by atoms with Crippen molar-refractivity contribution in [1.29, 1.82) is 0 Å². The number of carbonyl (C=O) groups is 1. The number of ether oxygens (including phenoxy) is 1. The maximum absolute atomic E-state index is 12.7. The molecule has 9 nitrogen and oxygen atoms in total. The third-order valence-electron chi connectivity index (χ3n) is 4.87. The molecule has 0 spiro atoms. The van der Waals surface area contributed by atoms with Crippen molar-refractivity contribution >= 4 is 17.5 Å². The molecule has 30 heavy (non-hydrogen) atoms. The van der Waals surface area contributed by atoms with E-state index in [2.05, 4.69) is 25.3 Å². The first-order valence-corrected chi connectivity index (χ1v) is 10.0. The molecule has 3 heterocycles. The van der Waals surface area contributed by atoms with Gasteiger partial charge < -0.3 is 19.9 Å². The normalized spacial score (nSPS) is 13.9. The van der Waals surface area contributed by atoms with Crippen LogP contribution in [-0.4, -0.2) is 63.5 Å². The quantitative estimate of drug-likeness (QED) is 0.700. The lowest BCUT2D eigenvalue weighted by atomic mass is 10.3. The lowest BCUT2D eigenvalue weighted by molar-refractivity contribution is 0.208. The summed E-state index contributed by atoms with van der Waals surface area (Å²) in [6.45, 7) is 6.92. The smallest absolute Gasteiger partial charge is 0.322 e. The van der Waals surface area contributed by atoms with Crippen molar-refractivity contribution < 1.29 is 9.53 Å². The summed E-state index contributed by atoms with van der Waals surface area (Å²) in [4.78, 5) is 25.7. The number of piperazine rings is 1. The molecule has 0 saturated carbocycles. The molecule has 1 aliphatic rings. The molecule has 1 saturated heterocycles. The molecule has 1 N–H and O–H groups in total. The van der Waals surface area contributed by atoms with Crippen LogP contribution in [0.3, 0.4) is 0 Å². The largest absolute Gasteiger partial charge is 0.492 e. The molecule has 0 radical (unpaired) electrons. The van der Waals surface area contributed by atoms with Crippen molar-refractivity contribution in [3.8, 4) is 11.6 Å². The van der Waals surface area contributed by atoms with Gasteiger partial charge in [-0.1, -0.05) is 12.1 Å². The average molecular weight is 407 g/mol. The number of benzene rings is 1. The minimum atomic E-state index is -0.127. The van der Waals surface area contributed by atoms with Crippen LogP contribution in [0.5, 0.6) is 5.75 Å². The van der Waals surface area contributed by atoms with Gasteiger partial charge in [0.05, 0.1) is 12.3 Å². The zero-order chi connectivity index (χ0) is 20.9. The van der Waals surface area contributed by atoms with E-state index < -0.39 is 0 Å². The monoisotopic (exact) mass is 407 g/mol.